The number of amides is 1. The Labute approximate surface area is 127 Å². The van der Waals surface area contributed by atoms with E-state index in [9.17, 15) is 4.79 Å². The van der Waals surface area contributed by atoms with Crippen LogP contribution in [0.3, 0.4) is 0 Å². The molecule has 0 fully saturated rings. The Bertz CT molecular complexity index is 435. The highest BCUT2D eigenvalue weighted by molar-refractivity contribution is 5.77. The van der Waals surface area contributed by atoms with E-state index >= 15 is 0 Å². The number of ether oxygens (including phenoxy) is 2. The number of carbonyl (C=O) groups is 1. The van der Waals surface area contributed by atoms with Crippen LogP contribution < -0.4 is 4.74 Å². The standard InChI is InChI=1S/C16H26N2O3/c1-14-7-5-6-8-15(14)21-12-10-18(9-11-20-4)13-16(19)17(2)3/h5-8H,9-13H2,1-4H3. The van der Waals surface area contributed by atoms with Gasteiger partial charge in [0.25, 0.3) is 0 Å². The second-order valence-corrected chi connectivity index (χ2v) is 5.17. The first kappa shape index (κ1) is 17.5. The van der Waals surface area contributed by atoms with Crippen LogP contribution in [0.1, 0.15) is 5.56 Å². The Morgan fingerprint density at radius 3 is 2.43 bits per heavy atom. The van der Waals surface area contributed by atoms with Crippen molar-refractivity contribution < 1.29 is 14.3 Å². The van der Waals surface area contributed by atoms with Crippen molar-refractivity contribution in [3.8, 4) is 5.75 Å². The van der Waals surface area contributed by atoms with Gasteiger partial charge in [0, 0.05) is 34.3 Å². The van der Waals surface area contributed by atoms with E-state index in [4.69, 9.17) is 9.47 Å². The molecule has 1 amide bonds. The SMILES string of the molecule is COCCN(CCOc1ccccc1C)CC(=O)N(C)C. The monoisotopic (exact) mass is 294 g/mol. The van der Waals surface area contributed by atoms with Crippen LogP contribution in [-0.4, -0.2) is 69.8 Å². The van der Waals surface area contributed by atoms with E-state index in [1.54, 1.807) is 26.1 Å². The van der Waals surface area contributed by atoms with Gasteiger partial charge in [-0.15, -0.1) is 0 Å². The second kappa shape index (κ2) is 9.37. The largest absolute Gasteiger partial charge is 0.492 e. The molecule has 21 heavy (non-hydrogen) atoms. The molecule has 0 aliphatic heterocycles. The van der Waals surface area contributed by atoms with Crippen molar-refractivity contribution in [2.75, 3.05) is 54.1 Å². The van der Waals surface area contributed by atoms with E-state index < -0.39 is 0 Å². The number of aryl methyl sites for hydroxylation is 1. The molecule has 0 radical (unpaired) electrons. The average Bonchev–Trinajstić information content (AvgIpc) is 2.46. The van der Waals surface area contributed by atoms with Crippen molar-refractivity contribution in [3.63, 3.8) is 0 Å². The minimum atomic E-state index is 0.0852. The predicted molar refractivity (Wildman–Crippen MR) is 83.7 cm³/mol. The predicted octanol–water partition coefficient (Wildman–Crippen LogP) is 1.41. The van der Waals surface area contributed by atoms with E-state index in [1.165, 1.54) is 0 Å². The number of hydrogen-bond donors (Lipinski definition) is 0. The summed E-state index contributed by atoms with van der Waals surface area (Å²) >= 11 is 0. The number of carbonyl (C=O) groups excluding carboxylic acids is 1. The maximum atomic E-state index is 11.8. The fraction of sp³-hybridized carbons (Fsp3) is 0.562. The van der Waals surface area contributed by atoms with Crippen LogP contribution in [0.15, 0.2) is 24.3 Å². The van der Waals surface area contributed by atoms with Crippen LogP contribution in [0, 0.1) is 6.92 Å². The normalized spacial score (nSPS) is 10.7. The molecule has 0 spiro atoms. The van der Waals surface area contributed by atoms with Gasteiger partial charge in [-0.05, 0) is 18.6 Å². The number of methoxy groups -OCH3 is 1. The Kier molecular flexibility index (Phi) is 7.79. The van der Waals surface area contributed by atoms with Crippen molar-refractivity contribution in [1.29, 1.82) is 0 Å². The second-order valence-electron chi connectivity index (χ2n) is 5.17. The molecule has 118 valence electrons. The average molecular weight is 294 g/mol. The highest BCUT2D eigenvalue weighted by Crippen LogP contribution is 2.15. The number of benzene rings is 1. The van der Waals surface area contributed by atoms with Crippen molar-refractivity contribution in [3.05, 3.63) is 29.8 Å². The van der Waals surface area contributed by atoms with Gasteiger partial charge in [0.15, 0.2) is 0 Å². The summed E-state index contributed by atoms with van der Waals surface area (Å²) in [7, 11) is 5.19. The summed E-state index contributed by atoms with van der Waals surface area (Å²) in [6.07, 6.45) is 0. The van der Waals surface area contributed by atoms with Gasteiger partial charge in [0.1, 0.15) is 12.4 Å². The summed E-state index contributed by atoms with van der Waals surface area (Å²) in [6.45, 7) is 4.96. The van der Waals surface area contributed by atoms with Crippen molar-refractivity contribution >= 4 is 5.91 Å². The number of rotatable bonds is 9. The number of para-hydroxylation sites is 1. The molecule has 0 aliphatic carbocycles. The maximum absolute atomic E-state index is 11.8. The van der Waals surface area contributed by atoms with Crippen LogP contribution in [0.4, 0.5) is 0 Å². The van der Waals surface area contributed by atoms with E-state index in [-0.39, 0.29) is 5.91 Å². The Hall–Kier alpha value is -1.59. The van der Waals surface area contributed by atoms with E-state index in [0.29, 0.717) is 32.8 Å². The van der Waals surface area contributed by atoms with Gasteiger partial charge < -0.3 is 14.4 Å². The molecule has 1 aromatic rings. The van der Waals surface area contributed by atoms with Crippen LogP contribution in [-0.2, 0) is 9.53 Å². The lowest BCUT2D eigenvalue weighted by Gasteiger charge is -2.23. The molecule has 0 bridgehead atoms. The van der Waals surface area contributed by atoms with Crippen molar-refractivity contribution in [2.24, 2.45) is 0 Å². The van der Waals surface area contributed by atoms with Crippen LogP contribution >= 0.6 is 0 Å². The first-order chi connectivity index (χ1) is 10.0. The lowest BCUT2D eigenvalue weighted by atomic mass is 10.2. The molecule has 0 aromatic heterocycles. The molecule has 5 nitrogen and oxygen atoms in total. The first-order valence-electron chi connectivity index (χ1n) is 7.14. The number of hydrogen-bond acceptors (Lipinski definition) is 4. The topological polar surface area (TPSA) is 42.0 Å². The Morgan fingerprint density at radius 2 is 1.81 bits per heavy atom. The molecule has 0 aliphatic rings. The fourth-order valence-electron chi connectivity index (χ4n) is 1.83. The highest BCUT2D eigenvalue weighted by atomic mass is 16.5. The third-order valence-corrected chi connectivity index (χ3v) is 3.23. The van der Waals surface area contributed by atoms with Gasteiger partial charge in [0.2, 0.25) is 5.91 Å². The quantitative estimate of drug-likeness (QED) is 0.690. The van der Waals surface area contributed by atoms with Gasteiger partial charge in [-0.25, -0.2) is 0 Å². The highest BCUT2D eigenvalue weighted by Gasteiger charge is 2.12. The van der Waals surface area contributed by atoms with Gasteiger partial charge in [-0.1, -0.05) is 18.2 Å². The molecule has 0 heterocycles. The van der Waals surface area contributed by atoms with Crippen molar-refractivity contribution in [1.82, 2.24) is 9.80 Å². The smallest absolute Gasteiger partial charge is 0.236 e. The minimum absolute atomic E-state index is 0.0852. The van der Waals surface area contributed by atoms with Gasteiger partial charge in [-0.2, -0.15) is 0 Å². The zero-order chi connectivity index (χ0) is 15.7. The lowest BCUT2D eigenvalue weighted by molar-refractivity contribution is -0.130. The summed E-state index contributed by atoms with van der Waals surface area (Å²) in [4.78, 5) is 15.5. The zero-order valence-corrected chi connectivity index (χ0v) is 13.5. The molecular formula is C16H26N2O3. The first-order valence-corrected chi connectivity index (χ1v) is 7.14. The summed E-state index contributed by atoms with van der Waals surface area (Å²) in [6, 6.07) is 7.93. The Morgan fingerprint density at radius 1 is 1.14 bits per heavy atom. The van der Waals surface area contributed by atoms with E-state index in [2.05, 4.69) is 0 Å². The van der Waals surface area contributed by atoms with Crippen LogP contribution in [0.2, 0.25) is 0 Å². The molecule has 0 atom stereocenters. The molecule has 0 saturated carbocycles. The number of nitrogens with zero attached hydrogens (tertiary/aromatic N) is 2. The third-order valence-electron chi connectivity index (χ3n) is 3.23. The third kappa shape index (κ3) is 6.60. The van der Waals surface area contributed by atoms with E-state index in [1.807, 2.05) is 36.1 Å². The molecule has 1 aromatic carbocycles. The minimum Gasteiger partial charge on any atom is -0.492 e. The summed E-state index contributed by atoms with van der Waals surface area (Å²) < 4.78 is 10.9. The van der Waals surface area contributed by atoms with Gasteiger partial charge in [-0.3, -0.25) is 9.69 Å². The summed E-state index contributed by atoms with van der Waals surface area (Å²) in [5, 5.41) is 0. The van der Waals surface area contributed by atoms with Gasteiger partial charge in [0.05, 0.1) is 13.2 Å². The molecular weight excluding hydrogens is 268 g/mol. The lowest BCUT2D eigenvalue weighted by Crippen LogP contribution is -2.40. The van der Waals surface area contributed by atoms with E-state index in [0.717, 1.165) is 11.3 Å². The maximum Gasteiger partial charge on any atom is 0.236 e. The molecule has 0 N–H and O–H groups in total. The molecule has 5 heteroatoms. The summed E-state index contributed by atoms with van der Waals surface area (Å²) in [5.41, 5.74) is 1.12. The van der Waals surface area contributed by atoms with Crippen LogP contribution in [0.25, 0.3) is 0 Å². The van der Waals surface area contributed by atoms with Crippen LogP contribution in [0.5, 0.6) is 5.75 Å². The van der Waals surface area contributed by atoms with Gasteiger partial charge >= 0.3 is 0 Å². The zero-order valence-electron chi connectivity index (χ0n) is 13.5. The summed E-state index contributed by atoms with van der Waals surface area (Å²) in [5.74, 6) is 0.977. The molecule has 0 saturated heterocycles. The van der Waals surface area contributed by atoms with Crippen molar-refractivity contribution in [2.45, 2.75) is 6.92 Å². The molecule has 1 rings (SSSR count). The Balaban J connectivity index is 2.45. The fourth-order valence-corrected chi connectivity index (χ4v) is 1.83. The number of likely N-dealkylation sites (N-methyl/N-ethyl adjacent to an activating group) is 1. The molecule has 0 unspecified atom stereocenters.